The summed E-state index contributed by atoms with van der Waals surface area (Å²) in [6.45, 7) is -4.23. The Hall–Kier alpha value is -2.72. The maximum Gasteiger partial charge on any atom is 0.324 e. The van der Waals surface area contributed by atoms with E-state index in [9.17, 15) is 24.4 Å². The highest BCUT2D eigenvalue weighted by atomic mass is 32.7. The molecule has 24 heteroatoms. The van der Waals surface area contributed by atoms with Crippen molar-refractivity contribution in [2.24, 2.45) is 0 Å². The molecular weight excluding hydrogens is 710 g/mol. The molecular formula is C24H32N12O8P2S2. The smallest absolute Gasteiger partial charge is 0.324 e. The van der Waals surface area contributed by atoms with Gasteiger partial charge in [0.15, 0.2) is 53.6 Å². The quantitative estimate of drug-likeness (QED) is 0.0752. The fraction of sp³-hybridized carbons (Fsp3) is 0.500. The number of nitrogens with one attached hydrogen (secondary N) is 4. The van der Waals surface area contributed by atoms with Crippen LogP contribution in [0.2, 0.25) is 0 Å². The second-order valence-corrected chi connectivity index (χ2v) is 16.3. The molecule has 3 aliphatic rings. The molecule has 2 saturated heterocycles. The third-order valence-corrected chi connectivity index (χ3v) is 10.9. The van der Waals surface area contributed by atoms with E-state index >= 15 is 0 Å². The molecule has 10 atom stereocenters. The summed E-state index contributed by atoms with van der Waals surface area (Å²) in [7, 11) is -2.64. The molecule has 0 spiro atoms. The lowest BCUT2D eigenvalue weighted by Gasteiger charge is -2.26. The second kappa shape index (κ2) is 13.9. The van der Waals surface area contributed by atoms with Gasteiger partial charge in [-0.3, -0.25) is 23.4 Å². The van der Waals surface area contributed by atoms with Crippen molar-refractivity contribution in [3.63, 3.8) is 0 Å². The Morgan fingerprint density at radius 2 is 1.52 bits per heavy atom. The molecule has 5 unspecified atom stereocenters. The molecule has 258 valence electrons. The number of imidazole rings is 2. The van der Waals surface area contributed by atoms with Gasteiger partial charge in [-0.05, 0) is 0 Å². The molecule has 0 saturated carbocycles. The minimum absolute atomic E-state index is 0.347. The number of fused-ring (bicyclic) bond motifs is 6. The number of rotatable bonds is 3. The lowest BCUT2D eigenvalue weighted by Crippen LogP contribution is -2.45. The normalized spacial score (nSPS) is 34.2. The van der Waals surface area contributed by atoms with Gasteiger partial charge in [-0.15, -0.1) is 12.2 Å². The fourth-order valence-electron chi connectivity index (χ4n) is 5.94. The van der Waals surface area contributed by atoms with Gasteiger partial charge in [0, 0.05) is 13.1 Å². The molecule has 48 heavy (non-hydrogen) atoms. The Morgan fingerprint density at radius 3 is 2.08 bits per heavy atom. The van der Waals surface area contributed by atoms with Crippen molar-refractivity contribution in [1.29, 1.82) is 0 Å². The van der Waals surface area contributed by atoms with E-state index in [2.05, 4.69) is 75.2 Å². The summed E-state index contributed by atoms with van der Waals surface area (Å²) in [6.07, 6.45) is 2.45. The fourth-order valence-corrected chi connectivity index (χ4v) is 8.74. The molecule has 0 aromatic carbocycles. The van der Waals surface area contributed by atoms with Crippen molar-refractivity contribution in [3.05, 3.63) is 37.5 Å². The number of aromatic nitrogens is 8. The monoisotopic (exact) mass is 742 g/mol. The summed E-state index contributed by atoms with van der Waals surface area (Å²) < 4.78 is 46.6. The largest absolute Gasteiger partial charge is 0.394 e. The molecule has 0 radical (unpaired) electrons. The SMILES string of the molecule is O=[PH](S)NC1C2COP(=O)(S)NC3[C@@H](O)[C@@H](O[C@@H]3CO)n3cnc4c(ncnc43)NC/C=C/CNc3ncnc4c3ncn4[C@H](O2)[C@@H]1O. The molecule has 3 aliphatic heterocycles. The predicted octanol–water partition coefficient (Wildman–Crippen LogP) is -0.141. The zero-order chi connectivity index (χ0) is 33.6. The predicted molar refractivity (Wildman–Crippen MR) is 178 cm³/mol. The molecule has 0 amide bonds. The average Bonchev–Trinajstić information content (AvgIpc) is 3.82. The zero-order valence-electron chi connectivity index (χ0n) is 24.7. The van der Waals surface area contributed by atoms with Gasteiger partial charge in [0.25, 0.3) is 0 Å². The van der Waals surface area contributed by atoms with Crippen LogP contribution < -0.4 is 20.8 Å². The third kappa shape index (κ3) is 6.48. The topological polar surface area (TPSA) is 258 Å². The Morgan fingerprint density at radius 1 is 0.938 bits per heavy atom. The first-order chi connectivity index (χ1) is 23.1. The van der Waals surface area contributed by atoms with Crippen LogP contribution in [-0.2, 0) is 23.1 Å². The number of hydrogen-bond donors (Lipinski definition) is 9. The van der Waals surface area contributed by atoms with Gasteiger partial charge in [0.1, 0.15) is 37.1 Å². The average molecular weight is 743 g/mol. The molecule has 0 aliphatic carbocycles. The van der Waals surface area contributed by atoms with Crippen LogP contribution in [0, 0.1) is 0 Å². The van der Waals surface area contributed by atoms with Crippen LogP contribution in [0.3, 0.4) is 0 Å². The number of anilines is 2. The highest BCUT2D eigenvalue weighted by Gasteiger charge is 2.49. The van der Waals surface area contributed by atoms with E-state index < -0.39 is 76.0 Å². The van der Waals surface area contributed by atoms with Crippen LogP contribution in [-0.4, -0.2) is 117 Å². The van der Waals surface area contributed by atoms with E-state index in [-0.39, 0.29) is 0 Å². The van der Waals surface area contributed by atoms with Crippen LogP contribution in [0.1, 0.15) is 12.5 Å². The highest BCUT2D eigenvalue weighted by Crippen LogP contribution is 2.51. The molecule has 7 N–H and O–H groups in total. The van der Waals surface area contributed by atoms with Crippen LogP contribution >= 0.6 is 38.4 Å². The van der Waals surface area contributed by atoms with Crippen molar-refractivity contribution in [2.75, 3.05) is 36.9 Å². The van der Waals surface area contributed by atoms with Crippen molar-refractivity contribution in [1.82, 2.24) is 49.2 Å². The zero-order valence-corrected chi connectivity index (χ0v) is 28.4. The van der Waals surface area contributed by atoms with Crippen molar-refractivity contribution in [3.8, 4) is 0 Å². The molecule has 4 aromatic rings. The summed E-state index contributed by atoms with van der Waals surface area (Å²) in [6, 6.07) is -2.09. The summed E-state index contributed by atoms with van der Waals surface area (Å²) in [5, 5.41) is 44.6. The van der Waals surface area contributed by atoms with Gasteiger partial charge in [0.05, 0.1) is 38.0 Å². The highest BCUT2D eigenvalue weighted by molar-refractivity contribution is 8.45. The van der Waals surface area contributed by atoms with E-state index in [1.165, 1.54) is 34.4 Å². The summed E-state index contributed by atoms with van der Waals surface area (Å²) in [4.78, 5) is 26.1. The van der Waals surface area contributed by atoms with Gasteiger partial charge >= 0.3 is 6.72 Å². The van der Waals surface area contributed by atoms with Gasteiger partial charge in [-0.2, -0.15) is 0 Å². The van der Waals surface area contributed by atoms with Crippen LogP contribution in [0.15, 0.2) is 37.5 Å². The van der Waals surface area contributed by atoms with Crippen molar-refractivity contribution < 1.29 is 38.4 Å². The lowest BCUT2D eigenvalue weighted by molar-refractivity contribution is -0.0489. The lowest BCUT2D eigenvalue weighted by atomic mass is 10.1. The summed E-state index contributed by atoms with van der Waals surface area (Å²) in [5.41, 5.74) is 1.53. The number of aliphatic hydroxyl groups excluding tert-OH is 3. The standard InChI is InChI=1S/C24H32N12O8P2S2/c37-5-11-14-18(39)24(43-11)36-10-32-16-20(28-8-30-22(16)36)26-4-2-1-3-25-19-15-21(29-7-27-19)35(9-31-15)23-17(38)13(33-45(40)47)12(44-23)6-42-46(41,48)34-14/h1-2,7-14,17-18,23-24,37-39,45H,3-6H2,(H,25,27,29)(H,26,28,30)(H2,33,40,47)(H2,34,41,48)/b2-1+/t11-,12?,13?,14?,17-,18-,23-,24-,46?/m1/s1. The molecule has 4 aromatic heterocycles. The van der Waals surface area contributed by atoms with Gasteiger partial charge in [-0.1, -0.05) is 24.4 Å². The first-order valence-corrected chi connectivity index (χ1v) is 20.1. The van der Waals surface area contributed by atoms with Crippen LogP contribution in [0.25, 0.3) is 22.3 Å². The Bertz CT molecular complexity index is 1900. The first-order valence-electron chi connectivity index (χ1n) is 14.7. The molecule has 7 rings (SSSR count). The van der Waals surface area contributed by atoms with E-state index in [0.29, 0.717) is 47.1 Å². The number of ether oxygens (including phenoxy) is 2. The molecule has 20 nitrogen and oxygen atoms in total. The molecule has 7 heterocycles. The van der Waals surface area contributed by atoms with E-state index in [0.717, 1.165) is 0 Å². The maximum atomic E-state index is 13.6. The van der Waals surface area contributed by atoms with Crippen LogP contribution in [0.4, 0.5) is 11.6 Å². The molecule has 2 fully saturated rings. The maximum absolute atomic E-state index is 13.6. The number of hydrogen-bond acceptors (Lipinski definition) is 16. The Labute approximate surface area is 282 Å². The van der Waals surface area contributed by atoms with Gasteiger partial charge < -0.3 is 40.0 Å². The summed E-state index contributed by atoms with van der Waals surface area (Å²) >= 11 is 8.20. The van der Waals surface area contributed by atoms with Crippen LogP contribution in [0.5, 0.6) is 0 Å². The Kier molecular flexibility index (Phi) is 9.77. The number of aliphatic hydroxyl groups is 3. The van der Waals surface area contributed by atoms with Crippen molar-refractivity contribution >= 4 is 72.3 Å². The van der Waals surface area contributed by atoms with E-state index in [1.807, 2.05) is 12.2 Å². The second-order valence-electron chi connectivity index (χ2n) is 11.1. The third-order valence-electron chi connectivity index (χ3n) is 8.15. The number of thiol groups is 2. The minimum Gasteiger partial charge on any atom is -0.394 e. The van der Waals surface area contributed by atoms with Gasteiger partial charge in [0.2, 0.25) is 0 Å². The summed E-state index contributed by atoms with van der Waals surface area (Å²) in [5.74, 6) is 0.886. The minimum atomic E-state index is -4.06. The Balaban J connectivity index is 1.23. The molecule has 12 bridgehead atoms. The number of nitrogens with zero attached hydrogens (tertiary/aromatic N) is 8. The van der Waals surface area contributed by atoms with E-state index in [4.69, 9.17) is 14.0 Å². The van der Waals surface area contributed by atoms with Gasteiger partial charge in [-0.25, -0.2) is 35.0 Å². The first kappa shape index (κ1) is 33.8. The van der Waals surface area contributed by atoms with Crippen molar-refractivity contribution in [2.45, 2.75) is 49.0 Å². The van der Waals surface area contributed by atoms with E-state index in [1.54, 1.807) is 0 Å².